The van der Waals surface area contributed by atoms with Crippen LogP contribution in [0.25, 0.3) is 0 Å². The number of rotatable bonds is 5. The molecular formula is C13H15ClN4O2S. The standard InChI is InChI=1S/C13H15ClN4O2S/c1-17-9-16-13(12(17)14)21(19,20)18(11-2-3-11)8-10-4-6-15-7-5-10/h4-7,9,11H,2-3,8H2,1H3. The lowest BCUT2D eigenvalue weighted by Gasteiger charge is -2.21. The fourth-order valence-electron chi connectivity index (χ4n) is 2.12. The molecule has 1 aliphatic rings. The summed E-state index contributed by atoms with van der Waals surface area (Å²) in [5.74, 6) is 0. The molecule has 2 aromatic heterocycles. The Morgan fingerprint density at radius 2 is 2.05 bits per heavy atom. The predicted octanol–water partition coefficient (Wildman–Crippen LogP) is 1.82. The molecule has 1 aliphatic carbocycles. The Bertz CT molecular complexity index is 741. The number of aromatic nitrogens is 3. The molecule has 0 atom stereocenters. The first-order chi connectivity index (χ1) is 10.00. The summed E-state index contributed by atoms with van der Waals surface area (Å²) in [4.78, 5) is 7.89. The maximum absolute atomic E-state index is 12.8. The smallest absolute Gasteiger partial charge is 0.264 e. The highest BCUT2D eigenvalue weighted by Gasteiger charge is 2.40. The zero-order valence-electron chi connectivity index (χ0n) is 11.5. The zero-order valence-corrected chi connectivity index (χ0v) is 13.0. The van der Waals surface area contributed by atoms with Crippen LogP contribution in [0.1, 0.15) is 18.4 Å². The lowest BCUT2D eigenvalue weighted by Crippen LogP contribution is -2.33. The van der Waals surface area contributed by atoms with Crippen molar-refractivity contribution in [2.24, 2.45) is 7.05 Å². The van der Waals surface area contributed by atoms with Crippen molar-refractivity contribution in [1.82, 2.24) is 18.8 Å². The monoisotopic (exact) mass is 326 g/mol. The molecule has 0 bridgehead atoms. The molecule has 112 valence electrons. The lowest BCUT2D eigenvalue weighted by molar-refractivity contribution is 0.397. The highest BCUT2D eigenvalue weighted by atomic mass is 35.5. The molecule has 2 heterocycles. The number of imidazole rings is 1. The third kappa shape index (κ3) is 2.81. The van der Waals surface area contributed by atoms with Gasteiger partial charge in [-0.2, -0.15) is 4.31 Å². The second kappa shape index (κ2) is 5.40. The Hall–Kier alpha value is -1.44. The first kappa shape index (κ1) is 14.5. The number of sulfonamides is 1. The summed E-state index contributed by atoms with van der Waals surface area (Å²) >= 11 is 6.05. The molecule has 0 radical (unpaired) electrons. The van der Waals surface area contributed by atoms with E-state index in [0.717, 1.165) is 18.4 Å². The molecule has 8 heteroatoms. The van der Waals surface area contributed by atoms with Gasteiger partial charge in [0, 0.05) is 32.0 Å². The lowest BCUT2D eigenvalue weighted by atomic mass is 10.3. The van der Waals surface area contributed by atoms with E-state index in [9.17, 15) is 8.42 Å². The average molecular weight is 327 g/mol. The highest BCUT2D eigenvalue weighted by molar-refractivity contribution is 7.89. The van der Waals surface area contributed by atoms with E-state index in [4.69, 9.17) is 11.6 Å². The number of halogens is 1. The molecule has 1 saturated carbocycles. The van der Waals surface area contributed by atoms with Crippen molar-refractivity contribution in [1.29, 1.82) is 0 Å². The van der Waals surface area contributed by atoms with Crippen LogP contribution in [-0.4, -0.2) is 33.3 Å². The molecule has 6 nitrogen and oxygen atoms in total. The van der Waals surface area contributed by atoms with E-state index in [-0.39, 0.29) is 16.2 Å². The number of pyridine rings is 1. The fraction of sp³-hybridized carbons (Fsp3) is 0.385. The SMILES string of the molecule is Cn1cnc(S(=O)(=O)N(Cc2ccncc2)C2CC2)c1Cl. The van der Waals surface area contributed by atoms with Gasteiger partial charge in [0.05, 0.1) is 6.33 Å². The van der Waals surface area contributed by atoms with Crippen molar-refractivity contribution in [2.75, 3.05) is 0 Å². The Kier molecular flexibility index (Phi) is 3.73. The normalized spacial score (nSPS) is 15.6. The maximum atomic E-state index is 12.8. The third-order valence-electron chi connectivity index (χ3n) is 3.43. The summed E-state index contributed by atoms with van der Waals surface area (Å²) in [6.07, 6.45) is 6.46. The number of hydrogen-bond acceptors (Lipinski definition) is 4. The van der Waals surface area contributed by atoms with Gasteiger partial charge in [0.25, 0.3) is 10.0 Å². The topological polar surface area (TPSA) is 68.1 Å². The molecule has 0 aliphatic heterocycles. The van der Waals surface area contributed by atoms with Gasteiger partial charge in [-0.1, -0.05) is 11.6 Å². The second-order valence-corrected chi connectivity index (χ2v) is 7.25. The minimum Gasteiger partial charge on any atom is -0.324 e. The van der Waals surface area contributed by atoms with E-state index in [2.05, 4.69) is 9.97 Å². The Morgan fingerprint density at radius 1 is 1.38 bits per heavy atom. The first-order valence-electron chi connectivity index (χ1n) is 6.57. The largest absolute Gasteiger partial charge is 0.324 e. The Morgan fingerprint density at radius 3 is 2.57 bits per heavy atom. The number of aryl methyl sites for hydroxylation is 1. The number of nitrogens with zero attached hydrogens (tertiary/aromatic N) is 4. The molecular weight excluding hydrogens is 312 g/mol. The van der Waals surface area contributed by atoms with Crippen LogP contribution in [0.15, 0.2) is 35.9 Å². The molecule has 2 aromatic rings. The molecule has 0 amide bonds. The van der Waals surface area contributed by atoms with Crippen molar-refractivity contribution in [3.8, 4) is 0 Å². The van der Waals surface area contributed by atoms with Gasteiger partial charge in [-0.3, -0.25) is 4.98 Å². The molecule has 0 N–H and O–H groups in total. The predicted molar refractivity (Wildman–Crippen MR) is 78.2 cm³/mol. The van der Waals surface area contributed by atoms with E-state index in [1.165, 1.54) is 15.2 Å². The van der Waals surface area contributed by atoms with Gasteiger partial charge in [0.15, 0.2) is 0 Å². The molecule has 0 aromatic carbocycles. The highest BCUT2D eigenvalue weighted by Crippen LogP contribution is 2.34. The maximum Gasteiger partial charge on any atom is 0.264 e. The van der Waals surface area contributed by atoms with Gasteiger partial charge < -0.3 is 4.57 Å². The molecule has 3 rings (SSSR count). The van der Waals surface area contributed by atoms with Gasteiger partial charge in [-0.05, 0) is 30.5 Å². The van der Waals surface area contributed by atoms with Crippen molar-refractivity contribution < 1.29 is 8.42 Å². The quantitative estimate of drug-likeness (QED) is 0.840. The van der Waals surface area contributed by atoms with Gasteiger partial charge in [0.1, 0.15) is 5.15 Å². The van der Waals surface area contributed by atoms with Crippen molar-refractivity contribution in [2.45, 2.75) is 30.5 Å². The summed E-state index contributed by atoms with van der Waals surface area (Å²) in [5.41, 5.74) is 0.896. The Balaban J connectivity index is 1.95. The van der Waals surface area contributed by atoms with Crippen molar-refractivity contribution in [3.05, 3.63) is 41.6 Å². The van der Waals surface area contributed by atoms with Crippen LogP contribution < -0.4 is 0 Å². The van der Waals surface area contributed by atoms with E-state index in [0.29, 0.717) is 6.54 Å². The van der Waals surface area contributed by atoms with Crippen LogP contribution in [0.3, 0.4) is 0 Å². The van der Waals surface area contributed by atoms with Crippen LogP contribution in [0, 0.1) is 0 Å². The molecule has 1 fully saturated rings. The molecule has 0 spiro atoms. The summed E-state index contributed by atoms with van der Waals surface area (Å²) in [5, 5.41) is 0.0583. The zero-order chi connectivity index (χ0) is 15.0. The Labute approximate surface area is 128 Å². The van der Waals surface area contributed by atoms with Gasteiger partial charge in [-0.25, -0.2) is 13.4 Å². The number of hydrogen-bond donors (Lipinski definition) is 0. The van der Waals surface area contributed by atoms with E-state index < -0.39 is 10.0 Å². The van der Waals surface area contributed by atoms with Crippen LogP contribution >= 0.6 is 11.6 Å². The fourth-order valence-corrected chi connectivity index (χ4v) is 4.19. The van der Waals surface area contributed by atoms with E-state index in [1.54, 1.807) is 19.4 Å². The van der Waals surface area contributed by atoms with Gasteiger partial charge in [-0.15, -0.1) is 0 Å². The van der Waals surface area contributed by atoms with Crippen molar-refractivity contribution in [3.63, 3.8) is 0 Å². The minimum absolute atomic E-state index is 0.0289. The summed E-state index contributed by atoms with van der Waals surface area (Å²) in [6, 6.07) is 3.65. The summed E-state index contributed by atoms with van der Waals surface area (Å²) in [6.45, 7) is 0.308. The van der Waals surface area contributed by atoms with Crippen molar-refractivity contribution >= 4 is 21.6 Å². The van der Waals surface area contributed by atoms with Crippen LogP contribution in [0.5, 0.6) is 0 Å². The van der Waals surface area contributed by atoms with Gasteiger partial charge >= 0.3 is 0 Å². The van der Waals surface area contributed by atoms with Crippen LogP contribution in [0.4, 0.5) is 0 Å². The molecule has 0 saturated heterocycles. The van der Waals surface area contributed by atoms with E-state index in [1.807, 2.05) is 12.1 Å². The summed E-state index contributed by atoms with van der Waals surface area (Å²) in [7, 11) is -2.03. The van der Waals surface area contributed by atoms with Crippen LogP contribution in [-0.2, 0) is 23.6 Å². The summed E-state index contributed by atoms with van der Waals surface area (Å²) < 4.78 is 28.6. The molecule has 0 unspecified atom stereocenters. The third-order valence-corrected chi connectivity index (χ3v) is 5.82. The first-order valence-corrected chi connectivity index (χ1v) is 8.39. The minimum atomic E-state index is -3.70. The van der Waals surface area contributed by atoms with Gasteiger partial charge in [0.2, 0.25) is 5.03 Å². The van der Waals surface area contributed by atoms with E-state index >= 15 is 0 Å². The molecule has 21 heavy (non-hydrogen) atoms. The second-order valence-electron chi connectivity index (χ2n) is 5.09. The average Bonchev–Trinajstić information content (AvgIpc) is 3.24. The van der Waals surface area contributed by atoms with Crippen LogP contribution in [0.2, 0.25) is 5.15 Å².